The van der Waals surface area contributed by atoms with Crippen molar-refractivity contribution in [3.05, 3.63) is 166 Å². The van der Waals surface area contributed by atoms with E-state index < -0.39 is 22.9 Å². The van der Waals surface area contributed by atoms with Crippen LogP contribution in [-0.4, -0.2) is 17.7 Å². The summed E-state index contributed by atoms with van der Waals surface area (Å²) in [5.41, 5.74) is 3.77. The minimum atomic E-state index is -0.681. The second-order valence-corrected chi connectivity index (χ2v) is 13.3. The number of rotatable bonds is 11. The molecule has 0 bridgehead atoms. The van der Waals surface area contributed by atoms with Crippen LogP contribution in [0.1, 0.15) is 52.1 Å². The Kier molecular flexibility index (Phi) is 11.6. The lowest BCUT2D eigenvalue weighted by Crippen LogP contribution is -2.30. The van der Waals surface area contributed by atoms with E-state index in [2.05, 4.69) is 45.7 Å². The average molecular weight is 723 g/mol. The highest BCUT2D eigenvalue weighted by molar-refractivity contribution is 9.10. The van der Waals surface area contributed by atoms with Crippen molar-refractivity contribution >= 4 is 62.9 Å². The van der Waals surface area contributed by atoms with Gasteiger partial charge in [0.15, 0.2) is 0 Å². The number of halogens is 2. The molecule has 6 nitrogen and oxygen atoms in total. The standard InChI is InChI=1S/C39H33BrFN3O3S/c1-25(2)27-15-13-26(14-16-27)23-35(44-37(45)29-11-7-4-8-12-29)38(46)42-31-18-20-32(21-19-31)48-36(28-9-5-3-6-10-28)39(47)43-34-22-17-30(40)24-33(34)41/h3-25,36H,1-2H3,(H,42,46)(H,43,47)(H,44,45)/b35-23-. The van der Waals surface area contributed by atoms with Gasteiger partial charge in [-0.15, -0.1) is 11.8 Å². The van der Waals surface area contributed by atoms with E-state index in [9.17, 15) is 18.8 Å². The first-order chi connectivity index (χ1) is 23.2. The number of hydrogen-bond donors (Lipinski definition) is 3. The van der Waals surface area contributed by atoms with Crippen molar-refractivity contribution in [2.45, 2.75) is 29.9 Å². The summed E-state index contributed by atoms with van der Waals surface area (Å²) in [4.78, 5) is 40.7. The summed E-state index contributed by atoms with van der Waals surface area (Å²) in [6.07, 6.45) is 1.64. The quantitative estimate of drug-likeness (QED) is 0.0937. The zero-order valence-corrected chi connectivity index (χ0v) is 28.6. The summed E-state index contributed by atoms with van der Waals surface area (Å²) in [5.74, 6) is -1.47. The summed E-state index contributed by atoms with van der Waals surface area (Å²) >= 11 is 4.54. The van der Waals surface area contributed by atoms with E-state index in [1.54, 1.807) is 60.7 Å². The lowest BCUT2D eigenvalue weighted by atomic mass is 10.0. The summed E-state index contributed by atoms with van der Waals surface area (Å²) in [7, 11) is 0. The number of carbonyl (C=O) groups is 3. The minimum absolute atomic E-state index is 0.0839. The lowest BCUT2D eigenvalue weighted by molar-refractivity contribution is -0.116. The van der Waals surface area contributed by atoms with Crippen LogP contribution in [0.3, 0.4) is 0 Å². The highest BCUT2D eigenvalue weighted by Gasteiger charge is 2.23. The second-order valence-electron chi connectivity index (χ2n) is 11.2. The van der Waals surface area contributed by atoms with Crippen molar-refractivity contribution in [3.8, 4) is 0 Å². The fourth-order valence-electron chi connectivity index (χ4n) is 4.73. The maximum atomic E-state index is 14.5. The third-order valence-corrected chi connectivity index (χ3v) is 9.10. The Bertz CT molecular complexity index is 1920. The van der Waals surface area contributed by atoms with Crippen molar-refractivity contribution in [2.24, 2.45) is 0 Å². The summed E-state index contributed by atoms with van der Waals surface area (Å²) in [6.45, 7) is 4.21. The molecule has 0 saturated carbocycles. The normalized spacial score (nSPS) is 11.9. The van der Waals surface area contributed by atoms with Crippen LogP contribution in [0.15, 0.2) is 142 Å². The molecule has 1 unspecified atom stereocenters. The van der Waals surface area contributed by atoms with Gasteiger partial charge in [-0.1, -0.05) is 103 Å². The molecular formula is C39H33BrFN3O3S. The minimum Gasteiger partial charge on any atom is -0.322 e. The highest BCUT2D eigenvalue weighted by Crippen LogP contribution is 2.37. The van der Waals surface area contributed by atoms with Crippen LogP contribution in [0, 0.1) is 5.82 Å². The van der Waals surface area contributed by atoms with Crippen molar-refractivity contribution in [2.75, 3.05) is 10.6 Å². The molecule has 242 valence electrons. The first-order valence-corrected chi connectivity index (χ1v) is 16.9. The molecule has 5 aromatic rings. The van der Waals surface area contributed by atoms with Gasteiger partial charge in [-0.25, -0.2) is 4.39 Å². The predicted octanol–water partition coefficient (Wildman–Crippen LogP) is 9.59. The zero-order chi connectivity index (χ0) is 34.0. The van der Waals surface area contributed by atoms with Crippen LogP contribution in [0.5, 0.6) is 0 Å². The monoisotopic (exact) mass is 721 g/mol. The van der Waals surface area contributed by atoms with Crippen LogP contribution < -0.4 is 16.0 Å². The number of thioether (sulfide) groups is 1. The topological polar surface area (TPSA) is 87.3 Å². The van der Waals surface area contributed by atoms with E-state index in [1.165, 1.54) is 23.9 Å². The van der Waals surface area contributed by atoms with Crippen molar-refractivity contribution in [3.63, 3.8) is 0 Å². The average Bonchev–Trinajstić information content (AvgIpc) is 3.09. The first-order valence-electron chi connectivity index (χ1n) is 15.2. The van der Waals surface area contributed by atoms with Crippen LogP contribution in [0.25, 0.3) is 6.08 Å². The summed E-state index contributed by atoms with van der Waals surface area (Å²) in [5, 5.41) is 7.67. The molecular weight excluding hydrogens is 689 g/mol. The Morgan fingerprint density at radius 1 is 0.750 bits per heavy atom. The Balaban J connectivity index is 1.33. The molecule has 5 aromatic carbocycles. The van der Waals surface area contributed by atoms with E-state index in [4.69, 9.17) is 0 Å². The molecule has 9 heteroatoms. The fourth-order valence-corrected chi connectivity index (χ4v) is 6.09. The molecule has 0 aromatic heterocycles. The Morgan fingerprint density at radius 3 is 2.02 bits per heavy atom. The molecule has 3 N–H and O–H groups in total. The first kappa shape index (κ1) is 34.3. The Morgan fingerprint density at radius 2 is 1.40 bits per heavy atom. The van der Waals surface area contributed by atoms with Gasteiger partial charge in [0.05, 0.1) is 5.69 Å². The van der Waals surface area contributed by atoms with E-state index >= 15 is 0 Å². The molecule has 3 amide bonds. The number of carbonyl (C=O) groups excluding carboxylic acids is 3. The van der Waals surface area contributed by atoms with Gasteiger partial charge in [0.2, 0.25) is 5.91 Å². The predicted molar refractivity (Wildman–Crippen MR) is 195 cm³/mol. The molecule has 1 atom stereocenters. The Hall–Kier alpha value is -4.99. The second kappa shape index (κ2) is 16.2. The molecule has 0 aliphatic carbocycles. The van der Waals surface area contributed by atoms with Crippen LogP contribution in [0.2, 0.25) is 0 Å². The lowest BCUT2D eigenvalue weighted by Gasteiger charge is -2.18. The van der Waals surface area contributed by atoms with Gasteiger partial charge in [0.1, 0.15) is 16.8 Å². The molecule has 5 rings (SSSR count). The van der Waals surface area contributed by atoms with Crippen molar-refractivity contribution in [1.29, 1.82) is 0 Å². The van der Waals surface area contributed by atoms with Crippen molar-refractivity contribution < 1.29 is 18.8 Å². The smallest absolute Gasteiger partial charge is 0.272 e. The Labute approximate surface area is 292 Å². The highest BCUT2D eigenvalue weighted by atomic mass is 79.9. The van der Waals surface area contributed by atoms with E-state index in [0.717, 1.165) is 21.6 Å². The molecule has 0 fully saturated rings. The number of nitrogens with one attached hydrogen (secondary N) is 3. The molecule has 0 saturated heterocycles. The largest absolute Gasteiger partial charge is 0.322 e. The maximum absolute atomic E-state index is 14.5. The maximum Gasteiger partial charge on any atom is 0.272 e. The van der Waals surface area contributed by atoms with Gasteiger partial charge in [0, 0.05) is 20.6 Å². The van der Waals surface area contributed by atoms with Crippen molar-refractivity contribution in [1.82, 2.24) is 5.32 Å². The number of hydrogen-bond acceptors (Lipinski definition) is 4. The number of amides is 3. The van der Waals surface area contributed by atoms with Gasteiger partial charge in [-0.3, -0.25) is 14.4 Å². The molecule has 48 heavy (non-hydrogen) atoms. The number of benzene rings is 5. The van der Waals surface area contributed by atoms with Crippen LogP contribution in [-0.2, 0) is 9.59 Å². The molecule has 0 spiro atoms. The summed E-state index contributed by atoms with van der Waals surface area (Å²) in [6, 6.07) is 37.2. The summed E-state index contributed by atoms with van der Waals surface area (Å²) < 4.78 is 15.1. The molecule has 0 aliphatic rings. The molecule has 0 radical (unpaired) electrons. The van der Waals surface area contributed by atoms with E-state index in [0.29, 0.717) is 21.6 Å². The SMILES string of the molecule is CC(C)c1ccc(/C=C(\NC(=O)c2ccccc2)C(=O)Nc2ccc(SC(C(=O)Nc3ccc(Br)cc3F)c3ccccc3)cc2)cc1. The third-order valence-electron chi connectivity index (χ3n) is 7.34. The van der Waals surface area contributed by atoms with Gasteiger partial charge < -0.3 is 16.0 Å². The van der Waals surface area contributed by atoms with Crippen LogP contribution in [0.4, 0.5) is 15.8 Å². The van der Waals surface area contributed by atoms with Gasteiger partial charge in [0.25, 0.3) is 11.8 Å². The van der Waals surface area contributed by atoms with E-state index in [1.807, 2.05) is 60.7 Å². The van der Waals surface area contributed by atoms with Gasteiger partial charge in [-0.05, 0) is 83.3 Å². The molecule has 0 aliphatic heterocycles. The van der Waals surface area contributed by atoms with Crippen LogP contribution >= 0.6 is 27.7 Å². The number of anilines is 2. The molecule has 0 heterocycles. The van der Waals surface area contributed by atoms with Gasteiger partial charge >= 0.3 is 0 Å². The van der Waals surface area contributed by atoms with E-state index in [-0.39, 0.29) is 17.3 Å². The fraction of sp³-hybridized carbons (Fsp3) is 0.103. The zero-order valence-electron chi connectivity index (χ0n) is 26.2. The van der Waals surface area contributed by atoms with Gasteiger partial charge in [-0.2, -0.15) is 0 Å². The third kappa shape index (κ3) is 9.30.